The number of hydrogen-bond donors (Lipinski definition) is 0. The Labute approximate surface area is 131 Å². The number of rotatable bonds is 3. The van der Waals surface area contributed by atoms with E-state index < -0.39 is 35.9 Å². The Morgan fingerprint density at radius 2 is 1.68 bits per heavy atom. The predicted molar refractivity (Wildman–Crippen MR) is 81.4 cm³/mol. The van der Waals surface area contributed by atoms with Crippen molar-refractivity contribution in [2.24, 2.45) is 0 Å². The summed E-state index contributed by atoms with van der Waals surface area (Å²) in [7, 11) is 0. The molecule has 0 aliphatic rings. The fourth-order valence-corrected chi connectivity index (χ4v) is 5.23. The maximum absolute atomic E-state index is 13.4. The molecule has 0 N–H and O–H groups in total. The summed E-state index contributed by atoms with van der Waals surface area (Å²) in [5.74, 6) is -0.867. The summed E-state index contributed by atoms with van der Waals surface area (Å²) in [6, 6.07) is 6.37. The number of nitrogens with zero attached hydrogens (tertiary/aromatic N) is 1. The van der Waals surface area contributed by atoms with Gasteiger partial charge in [-0.1, -0.05) is 0 Å². The molecule has 0 aliphatic carbocycles. The van der Waals surface area contributed by atoms with Crippen LogP contribution in [0.5, 0.6) is 0 Å². The first-order chi connectivity index (χ1) is 10.1. The van der Waals surface area contributed by atoms with Crippen molar-refractivity contribution in [1.29, 1.82) is 0 Å². The molecule has 0 saturated heterocycles. The van der Waals surface area contributed by atoms with Crippen molar-refractivity contribution in [3.8, 4) is 0 Å². The molecule has 0 atom stereocenters. The van der Waals surface area contributed by atoms with Crippen LogP contribution in [0.1, 0.15) is 16.7 Å². The quantitative estimate of drug-likeness (QED) is 0.533. The average Bonchev–Trinajstić information content (AvgIpc) is 2.36. The molecule has 1 aromatic heterocycles. The van der Waals surface area contributed by atoms with Gasteiger partial charge < -0.3 is 0 Å². The van der Waals surface area contributed by atoms with Crippen LogP contribution in [0.2, 0.25) is 14.8 Å². The molecule has 118 valence electrons. The van der Waals surface area contributed by atoms with E-state index in [2.05, 4.69) is 19.8 Å². The van der Waals surface area contributed by atoms with Crippen LogP contribution in [-0.4, -0.2) is 23.4 Å². The van der Waals surface area contributed by atoms with Gasteiger partial charge in [0.25, 0.3) is 0 Å². The van der Waals surface area contributed by atoms with Gasteiger partial charge in [0.1, 0.15) is 0 Å². The topological polar surface area (TPSA) is 12.9 Å². The maximum atomic E-state index is 13.4. The van der Waals surface area contributed by atoms with E-state index in [1.54, 1.807) is 12.3 Å². The van der Waals surface area contributed by atoms with Crippen LogP contribution in [-0.2, 0) is 12.6 Å². The molecule has 6 heteroatoms. The molecule has 0 spiro atoms. The van der Waals surface area contributed by atoms with Gasteiger partial charge in [-0.3, -0.25) is 0 Å². The molecule has 1 aromatic carbocycles. The summed E-state index contributed by atoms with van der Waals surface area (Å²) in [5.41, 5.74) is 0.218. The first kappa shape index (κ1) is 17.2. The molecule has 0 radical (unpaired) electrons. The summed E-state index contributed by atoms with van der Waals surface area (Å²) >= 11 is -2.34. The Hall–Kier alpha value is -1.11. The van der Waals surface area contributed by atoms with E-state index in [0.717, 1.165) is 21.4 Å². The van der Waals surface area contributed by atoms with E-state index in [1.807, 2.05) is 6.07 Å². The van der Waals surface area contributed by atoms with E-state index in [-0.39, 0.29) is 6.42 Å². The van der Waals surface area contributed by atoms with Crippen LogP contribution in [0, 0.1) is 5.82 Å². The zero-order valence-electron chi connectivity index (χ0n) is 12.6. The molecule has 0 bridgehead atoms. The van der Waals surface area contributed by atoms with Gasteiger partial charge >= 0.3 is 131 Å². The van der Waals surface area contributed by atoms with E-state index in [9.17, 15) is 17.6 Å². The van der Waals surface area contributed by atoms with Crippen molar-refractivity contribution in [3.63, 3.8) is 0 Å². The van der Waals surface area contributed by atoms with Crippen LogP contribution in [0.4, 0.5) is 17.6 Å². The van der Waals surface area contributed by atoms with Crippen LogP contribution < -0.4 is 3.71 Å². The Morgan fingerprint density at radius 3 is 2.27 bits per heavy atom. The molecule has 2 rings (SSSR count). The summed E-state index contributed by atoms with van der Waals surface area (Å²) < 4.78 is 52.7. The molecule has 0 saturated carbocycles. The van der Waals surface area contributed by atoms with Crippen LogP contribution in [0.3, 0.4) is 0 Å². The minimum atomic E-state index is -4.54. The first-order valence-electron chi connectivity index (χ1n) is 6.88. The second-order valence-electron chi connectivity index (χ2n) is 6.32. The van der Waals surface area contributed by atoms with Crippen molar-refractivity contribution in [1.82, 2.24) is 4.98 Å². The van der Waals surface area contributed by atoms with E-state index in [0.29, 0.717) is 11.6 Å². The molecule has 0 amide bonds. The fraction of sp³-hybridized carbons (Fsp3) is 0.312. The van der Waals surface area contributed by atoms with Gasteiger partial charge in [0, 0.05) is 0 Å². The number of benzene rings is 1. The van der Waals surface area contributed by atoms with E-state index in [1.165, 1.54) is 0 Å². The summed E-state index contributed by atoms with van der Waals surface area (Å²) in [6.07, 6.45) is -2.60. The van der Waals surface area contributed by atoms with Gasteiger partial charge in [-0.25, -0.2) is 0 Å². The van der Waals surface area contributed by atoms with Crippen molar-refractivity contribution >= 4 is 22.1 Å². The zero-order chi connectivity index (χ0) is 16.5. The summed E-state index contributed by atoms with van der Waals surface area (Å²) in [4.78, 5) is 11.0. The molecule has 1 nitrogen and oxygen atoms in total. The van der Waals surface area contributed by atoms with Crippen LogP contribution >= 0.6 is 0 Å². The van der Waals surface area contributed by atoms with Crippen molar-refractivity contribution in [2.75, 3.05) is 0 Å². The molecular formula is C16H17F4NSn. The Morgan fingerprint density at radius 1 is 1.00 bits per heavy atom. The van der Waals surface area contributed by atoms with Gasteiger partial charge in [-0.2, -0.15) is 0 Å². The van der Waals surface area contributed by atoms with Gasteiger partial charge in [0.15, 0.2) is 0 Å². The van der Waals surface area contributed by atoms with Crippen molar-refractivity contribution < 1.29 is 17.6 Å². The second-order valence-corrected chi connectivity index (χ2v) is 20.6. The average molecular weight is 418 g/mol. The monoisotopic (exact) mass is 419 g/mol. The number of pyridine rings is 1. The molecule has 0 fully saturated rings. The molecular weight excluding hydrogens is 401 g/mol. The van der Waals surface area contributed by atoms with Gasteiger partial charge in [-0.15, -0.1) is 0 Å². The van der Waals surface area contributed by atoms with Gasteiger partial charge in [-0.05, 0) is 0 Å². The Balaban J connectivity index is 2.34. The fourth-order valence-electron chi connectivity index (χ4n) is 2.15. The van der Waals surface area contributed by atoms with Crippen LogP contribution in [0.25, 0.3) is 0 Å². The Bertz CT molecular complexity index is 675. The molecule has 2 aromatic rings. The number of halogens is 4. The third-order valence-electron chi connectivity index (χ3n) is 3.29. The van der Waals surface area contributed by atoms with Gasteiger partial charge in [0.2, 0.25) is 0 Å². The van der Waals surface area contributed by atoms with E-state index >= 15 is 0 Å². The van der Waals surface area contributed by atoms with E-state index in [4.69, 9.17) is 0 Å². The standard InChI is InChI=1S/C13H8F4N.3CH3.Sn/c14-12-7-10(5-9-1-3-18-4-2-9)6-11(8-12)13(15,16)17;;;;/h1-3,6-8H,5H2;3*1H3;. The van der Waals surface area contributed by atoms with Crippen molar-refractivity contribution in [2.45, 2.75) is 27.4 Å². The number of hydrogen-bond acceptors (Lipinski definition) is 1. The minimum absolute atomic E-state index is 0.262. The van der Waals surface area contributed by atoms with Gasteiger partial charge in [0.05, 0.1) is 0 Å². The SMILES string of the molecule is [CH3][Sn]([CH3])([CH3])[c]1cc(Cc2cc(F)cc(C(F)(F)F)c2)ccn1. The van der Waals surface area contributed by atoms with Crippen LogP contribution in [0.15, 0.2) is 36.5 Å². The summed E-state index contributed by atoms with van der Waals surface area (Å²) in [5, 5.41) is 0. The normalized spacial score (nSPS) is 12.5. The summed E-state index contributed by atoms with van der Waals surface area (Å²) in [6.45, 7) is 0. The molecule has 0 aliphatic heterocycles. The van der Waals surface area contributed by atoms with Crippen molar-refractivity contribution in [3.05, 3.63) is 59.0 Å². The molecule has 0 unspecified atom stereocenters. The second kappa shape index (κ2) is 6.18. The third-order valence-corrected chi connectivity index (χ3v) is 8.45. The number of alkyl halides is 3. The third kappa shape index (κ3) is 4.44. The predicted octanol–water partition coefficient (Wildman–Crippen LogP) is 4.38. The first-order valence-corrected chi connectivity index (χ1v) is 16.9. The molecule has 22 heavy (non-hydrogen) atoms. The molecule has 1 heterocycles. The zero-order valence-corrected chi connectivity index (χ0v) is 15.5. The Kier molecular flexibility index (Phi) is 4.84. The number of aromatic nitrogens is 1.